The lowest BCUT2D eigenvalue weighted by Crippen LogP contribution is -2.42. The molecule has 1 amide bonds. The molecule has 0 radical (unpaired) electrons. The van der Waals surface area contributed by atoms with Crippen LogP contribution in [0.4, 0.5) is 4.39 Å². The van der Waals surface area contributed by atoms with Gasteiger partial charge in [-0.15, -0.1) is 0 Å². The Kier molecular flexibility index (Phi) is 7.15. The standard InChI is InChI=1S/C15H23FN4O2/c1-5-17-15(19-10-14(21)20(2)3)18-9-11-6-12(16)8-13(7-11)22-4/h6-8H,5,9-10H2,1-4H3,(H2,17,18,19). The second-order valence-electron chi connectivity index (χ2n) is 4.84. The van der Waals surface area contributed by atoms with Crippen molar-refractivity contribution in [3.8, 4) is 5.75 Å². The van der Waals surface area contributed by atoms with E-state index >= 15 is 0 Å². The number of aliphatic imine (C=N–C) groups is 1. The fraction of sp³-hybridized carbons (Fsp3) is 0.467. The van der Waals surface area contributed by atoms with E-state index in [0.717, 1.165) is 0 Å². The van der Waals surface area contributed by atoms with Crippen molar-refractivity contribution in [3.63, 3.8) is 0 Å². The van der Waals surface area contributed by atoms with Gasteiger partial charge in [0.25, 0.3) is 0 Å². The number of carbonyl (C=O) groups is 1. The lowest BCUT2D eigenvalue weighted by Gasteiger charge is -2.14. The van der Waals surface area contributed by atoms with Crippen LogP contribution in [0.2, 0.25) is 0 Å². The van der Waals surface area contributed by atoms with E-state index in [0.29, 0.717) is 23.8 Å². The summed E-state index contributed by atoms with van der Waals surface area (Å²) in [4.78, 5) is 17.4. The van der Waals surface area contributed by atoms with Crippen LogP contribution in [0.3, 0.4) is 0 Å². The van der Waals surface area contributed by atoms with Gasteiger partial charge in [-0.05, 0) is 24.6 Å². The third-order valence-electron chi connectivity index (χ3n) is 2.84. The predicted octanol–water partition coefficient (Wildman–Crippen LogP) is 0.978. The number of nitrogens with zero attached hydrogens (tertiary/aromatic N) is 2. The summed E-state index contributed by atoms with van der Waals surface area (Å²) in [6.45, 7) is 3.01. The van der Waals surface area contributed by atoms with Crippen LogP contribution in [-0.2, 0) is 11.3 Å². The molecule has 0 aromatic heterocycles. The Morgan fingerprint density at radius 1 is 1.32 bits per heavy atom. The molecule has 1 rings (SSSR count). The quantitative estimate of drug-likeness (QED) is 0.607. The molecule has 1 aromatic carbocycles. The van der Waals surface area contributed by atoms with Gasteiger partial charge in [0.2, 0.25) is 5.91 Å². The predicted molar refractivity (Wildman–Crippen MR) is 84.5 cm³/mol. The number of guanidine groups is 1. The Balaban J connectivity index is 2.73. The summed E-state index contributed by atoms with van der Waals surface area (Å²) < 4.78 is 18.4. The third kappa shape index (κ3) is 5.99. The number of ether oxygens (including phenoxy) is 1. The zero-order valence-electron chi connectivity index (χ0n) is 13.4. The van der Waals surface area contributed by atoms with Crippen molar-refractivity contribution >= 4 is 11.9 Å². The molecule has 0 spiro atoms. The average molecular weight is 310 g/mol. The number of amides is 1. The summed E-state index contributed by atoms with van der Waals surface area (Å²) >= 11 is 0. The van der Waals surface area contributed by atoms with Crippen LogP contribution in [0.15, 0.2) is 23.2 Å². The molecule has 0 aliphatic rings. The number of halogens is 1. The van der Waals surface area contributed by atoms with Crippen molar-refractivity contribution in [2.24, 2.45) is 4.99 Å². The molecule has 7 heteroatoms. The van der Waals surface area contributed by atoms with E-state index in [1.165, 1.54) is 24.1 Å². The molecule has 0 fully saturated rings. The van der Waals surface area contributed by atoms with E-state index in [2.05, 4.69) is 15.6 Å². The summed E-state index contributed by atoms with van der Waals surface area (Å²) in [6, 6.07) is 4.44. The van der Waals surface area contributed by atoms with Gasteiger partial charge in [0.05, 0.1) is 20.2 Å². The fourth-order valence-electron chi connectivity index (χ4n) is 1.66. The molecule has 0 unspecified atom stereocenters. The number of carbonyl (C=O) groups excluding carboxylic acids is 1. The van der Waals surface area contributed by atoms with Gasteiger partial charge in [-0.2, -0.15) is 0 Å². The van der Waals surface area contributed by atoms with Crippen LogP contribution in [0.5, 0.6) is 5.75 Å². The zero-order valence-corrected chi connectivity index (χ0v) is 13.4. The first-order valence-corrected chi connectivity index (χ1v) is 7.02. The average Bonchev–Trinajstić information content (AvgIpc) is 2.48. The van der Waals surface area contributed by atoms with Gasteiger partial charge in [0, 0.05) is 26.7 Å². The van der Waals surface area contributed by atoms with Crippen molar-refractivity contribution in [1.82, 2.24) is 15.5 Å². The number of benzene rings is 1. The van der Waals surface area contributed by atoms with Crippen LogP contribution < -0.4 is 15.4 Å². The first kappa shape index (κ1) is 17.7. The number of likely N-dealkylation sites (N-methyl/N-ethyl adjacent to an activating group) is 1. The first-order valence-electron chi connectivity index (χ1n) is 7.02. The largest absolute Gasteiger partial charge is 0.497 e. The van der Waals surface area contributed by atoms with Crippen LogP contribution in [0.25, 0.3) is 0 Å². The van der Waals surface area contributed by atoms with Crippen molar-refractivity contribution < 1.29 is 13.9 Å². The molecule has 0 aliphatic carbocycles. The zero-order chi connectivity index (χ0) is 16.5. The molecule has 0 aliphatic heterocycles. The van der Waals surface area contributed by atoms with Gasteiger partial charge in [-0.1, -0.05) is 0 Å². The second-order valence-corrected chi connectivity index (χ2v) is 4.84. The minimum atomic E-state index is -0.370. The summed E-state index contributed by atoms with van der Waals surface area (Å²) in [5.74, 6) is 0.523. The summed E-state index contributed by atoms with van der Waals surface area (Å²) in [5, 5.41) is 5.97. The monoisotopic (exact) mass is 310 g/mol. The van der Waals surface area contributed by atoms with E-state index in [1.807, 2.05) is 6.92 Å². The number of methoxy groups -OCH3 is 1. The molecule has 0 atom stereocenters. The van der Waals surface area contributed by atoms with E-state index in [1.54, 1.807) is 20.2 Å². The van der Waals surface area contributed by atoms with Crippen LogP contribution in [0.1, 0.15) is 12.5 Å². The molecule has 1 aromatic rings. The van der Waals surface area contributed by atoms with Gasteiger partial charge < -0.3 is 20.3 Å². The second kappa shape index (κ2) is 8.86. The Morgan fingerprint density at radius 3 is 2.64 bits per heavy atom. The van der Waals surface area contributed by atoms with Gasteiger partial charge >= 0.3 is 0 Å². The highest BCUT2D eigenvalue weighted by Crippen LogP contribution is 2.16. The van der Waals surface area contributed by atoms with Crippen LogP contribution >= 0.6 is 0 Å². The van der Waals surface area contributed by atoms with Crippen molar-refractivity contribution in [1.29, 1.82) is 0 Å². The maximum absolute atomic E-state index is 13.4. The molecule has 0 bridgehead atoms. The highest BCUT2D eigenvalue weighted by Gasteiger charge is 2.06. The number of nitrogens with one attached hydrogen (secondary N) is 2. The van der Waals surface area contributed by atoms with Crippen molar-refractivity contribution in [2.45, 2.75) is 13.5 Å². The first-order chi connectivity index (χ1) is 10.5. The Morgan fingerprint density at radius 2 is 2.05 bits per heavy atom. The van der Waals surface area contributed by atoms with Gasteiger partial charge in [-0.3, -0.25) is 4.79 Å². The maximum Gasteiger partial charge on any atom is 0.241 e. The minimum absolute atomic E-state index is 0.0574. The van der Waals surface area contributed by atoms with E-state index in [4.69, 9.17) is 4.74 Å². The molecule has 22 heavy (non-hydrogen) atoms. The Hall–Kier alpha value is -2.31. The van der Waals surface area contributed by atoms with Gasteiger partial charge in [0.1, 0.15) is 11.6 Å². The normalized spacial score (nSPS) is 11.0. The lowest BCUT2D eigenvalue weighted by molar-refractivity contribution is -0.127. The van der Waals surface area contributed by atoms with Gasteiger partial charge in [0.15, 0.2) is 5.96 Å². The summed E-state index contributed by atoms with van der Waals surface area (Å²) in [7, 11) is 4.86. The molecular formula is C15H23FN4O2. The van der Waals surface area contributed by atoms with Crippen molar-refractivity contribution in [3.05, 3.63) is 29.6 Å². The van der Waals surface area contributed by atoms with Crippen LogP contribution in [-0.4, -0.2) is 51.1 Å². The van der Waals surface area contributed by atoms with Gasteiger partial charge in [-0.25, -0.2) is 9.38 Å². The smallest absolute Gasteiger partial charge is 0.241 e. The van der Waals surface area contributed by atoms with E-state index in [-0.39, 0.29) is 24.8 Å². The molecule has 0 heterocycles. The molecule has 2 N–H and O–H groups in total. The topological polar surface area (TPSA) is 66.0 Å². The molecule has 0 saturated heterocycles. The van der Waals surface area contributed by atoms with Crippen molar-refractivity contribution in [2.75, 3.05) is 34.3 Å². The molecule has 6 nitrogen and oxygen atoms in total. The molecular weight excluding hydrogens is 287 g/mol. The minimum Gasteiger partial charge on any atom is -0.497 e. The van der Waals surface area contributed by atoms with E-state index < -0.39 is 0 Å². The Bertz CT molecular complexity index is 532. The van der Waals surface area contributed by atoms with Crippen LogP contribution in [0, 0.1) is 5.82 Å². The lowest BCUT2D eigenvalue weighted by atomic mass is 10.2. The number of rotatable bonds is 6. The highest BCUT2D eigenvalue weighted by atomic mass is 19.1. The highest BCUT2D eigenvalue weighted by molar-refractivity contribution is 5.86. The SMILES string of the molecule is CCNC(=NCc1cc(F)cc(OC)c1)NCC(=O)N(C)C. The fourth-order valence-corrected chi connectivity index (χ4v) is 1.66. The Labute approximate surface area is 130 Å². The maximum atomic E-state index is 13.4. The molecule has 0 saturated carbocycles. The number of hydrogen-bond donors (Lipinski definition) is 2. The number of hydrogen-bond acceptors (Lipinski definition) is 3. The third-order valence-corrected chi connectivity index (χ3v) is 2.84. The molecule has 122 valence electrons. The summed E-state index contributed by atoms with van der Waals surface area (Å²) in [6.07, 6.45) is 0. The van der Waals surface area contributed by atoms with E-state index in [9.17, 15) is 9.18 Å². The summed E-state index contributed by atoms with van der Waals surface area (Å²) in [5.41, 5.74) is 0.688.